The van der Waals surface area contributed by atoms with Crippen LogP contribution in [0.3, 0.4) is 0 Å². The summed E-state index contributed by atoms with van der Waals surface area (Å²) in [4.78, 5) is 2.22. The summed E-state index contributed by atoms with van der Waals surface area (Å²) in [5, 5.41) is 3.47. The van der Waals surface area contributed by atoms with Crippen molar-refractivity contribution in [1.82, 2.24) is 10.2 Å². The molecule has 0 spiro atoms. The second-order valence-corrected chi connectivity index (χ2v) is 6.07. The van der Waals surface area contributed by atoms with E-state index < -0.39 is 12.1 Å². The van der Waals surface area contributed by atoms with Crippen molar-refractivity contribution in [2.45, 2.75) is 63.7 Å². The van der Waals surface area contributed by atoms with Gasteiger partial charge in [-0.2, -0.15) is 13.2 Å². The van der Waals surface area contributed by atoms with Crippen LogP contribution in [0.15, 0.2) is 0 Å². The number of hydrogen-bond donors (Lipinski definition) is 1. The molecule has 1 aliphatic carbocycles. The number of likely N-dealkylation sites (tertiary alicyclic amines) is 1. The van der Waals surface area contributed by atoms with Crippen LogP contribution in [0.4, 0.5) is 13.2 Å². The van der Waals surface area contributed by atoms with E-state index in [1.165, 1.54) is 12.8 Å². The zero-order valence-electron chi connectivity index (χ0n) is 11.7. The van der Waals surface area contributed by atoms with Crippen molar-refractivity contribution in [3.05, 3.63) is 0 Å². The Morgan fingerprint density at radius 3 is 2.32 bits per heavy atom. The third-order valence-corrected chi connectivity index (χ3v) is 4.42. The minimum absolute atomic E-state index is 0.272. The highest BCUT2D eigenvalue weighted by atomic mass is 19.4. The van der Waals surface area contributed by atoms with Crippen LogP contribution in [0.1, 0.15) is 45.4 Å². The largest absolute Gasteiger partial charge is 0.391 e. The number of hydrogen-bond acceptors (Lipinski definition) is 2. The third kappa shape index (κ3) is 4.95. The number of nitrogens with zero attached hydrogens (tertiary/aromatic N) is 1. The molecule has 19 heavy (non-hydrogen) atoms. The van der Waals surface area contributed by atoms with E-state index >= 15 is 0 Å². The summed E-state index contributed by atoms with van der Waals surface area (Å²) < 4.78 is 37.7. The molecule has 1 aliphatic heterocycles. The Bertz CT molecular complexity index is 268. The summed E-state index contributed by atoms with van der Waals surface area (Å²) in [5.74, 6) is -1.08. The lowest BCUT2D eigenvalue weighted by Gasteiger charge is -2.36. The Morgan fingerprint density at radius 1 is 1.16 bits per heavy atom. The van der Waals surface area contributed by atoms with Crippen molar-refractivity contribution in [3.8, 4) is 0 Å². The Morgan fingerprint density at radius 2 is 1.79 bits per heavy atom. The third-order valence-electron chi connectivity index (χ3n) is 4.42. The lowest BCUT2D eigenvalue weighted by Crippen LogP contribution is -2.43. The molecule has 0 aromatic heterocycles. The molecule has 0 amide bonds. The summed E-state index contributed by atoms with van der Waals surface area (Å²) in [6.45, 7) is 4.39. The fourth-order valence-electron chi connectivity index (χ4n) is 2.84. The molecule has 2 rings (SSSR count). The summed E-state index contributed by atoms with van der Waals surface area (Å²) in [6, 6.07) is 1.16. The first-order valence-electron chi connectivity index (χ1n) is 7.51. The molecule has 0 radical (unpaired) electrons. The SMILES string of the molecule is CC(CCCNC1CC1)N1CCC(C(F)(F)F)CC1. The fraction of sp³-hybridized carbons (Fsp3) is 1.00. The molecule has 1 atom stereocenters. The minimum Gasteiger partial charge on any atom is -0.314 e. The first kappa shape index (κ1) is 15.1. The second kappa shape index (κ2) is 6.44. The molecule has 1 saturated carbocycles. The topological polar surface area (TPSA) is 15.3 Å². The fourth-order valence-corrected chi connectivity index (χ4v) is 2.84. The average molecular weight is 278 g/mol. The molecule has 2 nitrogen and oxygen atoms in total. The van der Waals surface area contributed by atoms with Gasteiger partial charge in [-0.25, -0.2) is 0 Å². The normalized spacial score (nSPS) is 24.6. The first-order valence-corrected chi connectivity index (χ1v) is 7.51. The molecule has 1 heterocycles. The van der Waals surface area contributed by atoms with Crippen LogP contribution in [-0.2, 0) is 0 Å². The Kier molecular flexibility index (Phi) is 5.12. The molecular formula is C14H25F3N2. The molecule has 5 heteroatoms. The zero-order valence-corrected chi connectivity index (χ0v) is 11.7. The Hall–Kier alpha value is -0.290. The average Bonchev–Trinajstić information content (AvgIpc) is 3.17. The molecule has 2 fully saturated rings. The van der Waals surface area contributed by atoms with E-state index in [4.69, 9.17) is 0 Å². The maximum absolute atomic E-state index is 12.6. The van der Waals surface area contributed by atoms with Crippen LogP contribution in [0.5, 0.6) is 0 Å². The van der Waals surface area contributed by atoms with Gasteiger partial charge in [0.1, 0.15) is 0 Å². The van der Waals surface area contributed by atoms with Gasteiger partial charge in [-0.1, -0.05) is 0 Å². The van der Waals surface area contributed by atoms with Crippen LogP contribution in [0, 0.1) is 5.92 Å². The summed E-state index contributed by atoms with van der Waals surface area (Å²) in [7, 11) is 0. The lowest BCUT2D eigenvalue weighted by molar-refractivity contribution is -0.186. The highest BCUT2D eigenvalue weighted by molar-refractivity contribution is 4.82. The predicted molar refractivity (Wildman–Crippen MR) is 70.1 cm³/mol. The van der Waals surface area contributed by atoms with Gasteiger partial charge in [0.2, 0.25) is 0 Å². The van der Waals surface area contributed by atoms with Gasteiger partial charge in [0.05, 0.1) is 5.92 Å². The van der Waals surface area contributed by atoms with E-state index in [9.17, 15) is 13.2 Å². The van der Waals surface area contributed by atoms with Gasteiger partial charge in [-0.05, 0) is 65.1 Å². The molecule has 1 saturated heterocycles. The molecule has 2 aliphatic rings. The smallest absolute Gasteiger partial charge is 0.314 e. The van der Waals surface area contributed by atoms with Gasteiger partial charge in [0.15, 0.2) is 0 Å². The van der Waals surface area contributed by atoms with Gasteiger partial charge < -0.3 is 10.2 Å². The second-order valence-electron chi connectivity index (χ2n) is 6.07. The number of piperidine rings is 1. The minimum atomic E-state index is -4.00. The van der Waals surface area contributed by atoms with E-state index in [1.807, 2.05) is 0 Å². The van der Waals surface area contributed by atoms with Crippen LogP contribution in [0.2, 0.25) is 0 Å². The number of halogens is 3. The van der Waals surface area contributed by atoms with E-state index in [0.29, 0.717) is 19.1 Å². The van der Waals surface area contributed by atoms with E-state index in [1.54, 1.807) is 0 Å². The molecule has 0 bridgehead atoms. The van der Waals surface area contributed by atoms with Crippen LogP contribution in [-0.4, -0.2) is 42.8 Å². The summed E-state index contributed by atoms with van der Waals surface area (Å²) >= 11 is 0. The van der Waals surface area contributed by atoms with Gasteiger partial charge in [0, 0.05) is 12.1 Å². The Balaban J connectivity index is 1.59. The van der Waals surface area contributed by atoms with E-state index in [0.717, 1.165) is 25.4 Å². The highest BCUT2D eigenvalue weighted by Gasteiger charge is 2.41. The van der Waals surface area contributed by atoms with Crippen LogP contribution >= 0.6 is 0 Å². The molecule has 112 valence electrons. The monoisotopic (exact) mass is 278 g/mol. The maximum Gasteiger partial charge on any atom is 0.391 e. The predicted octanol–water partition coefficient (Wildman–Crippen LogP) is 3.18. The van der Waals surface area contributed by atoms with Gasteiger partial charge in [-0.3, -0.25) is 0 Å². The number of alkyl halides is 3. The number of nitrogens with one attached hydrogen (secondary N) is 1. The van der Waals surface area contributed by atoms with Crippen molar-refractivity contribution >= 4 is 0 Å². The highest BCUT2D eigenvalue weighted by Crippen LogP contribution is 2.34. The molecule has 1 unspecified atom stereocenters. The first-order chi connectivity index (χ1) is 8.97. The van der Waals surface area contributed by atoms with Crippen LogP contribution < -0.4 is 5.32 Å². The van der Waals surface area contributed by atoms with Crippen LogP contribution in [0.25, 0.3) is 0 Å². The quantitative estimate of drug-likeness (QED) is 0.751. The van der Waals surface area contributed by atoms with Crippen molar-refractivity contribution in [2.75, 3.05) is 19.6 Å². The standard InChI is InChI=1S/C14H25F3N2/c1-11(3-2-8-18-13-4-5-13)19-9-6-12(7-10-19)14(15,16)17/h11-13,18H,2-10H2,1H3. The Labute approximate surface area is 113 Å². The maximum atomic E-state index is 12.6. The van der Waals surface area contributed by atoms with Gasteiger partial charge >= 0.3 is 6.18 Å². The van der Waals surface area contributed by atoms with E-state index in [2.05, 4.69) is 17.1 Å². The lowest BCUT2D eigenvalue weighted by atomic mass is 9.95. The van der Waals surface area contributed by atoms with Gasteiger partial charge in [-0.15, -0.1) is 0 Å². The van der Waals surface area contributed by atoms with Crippen molar-refractivity contribution in [2.24, 2.45) is 5.92 Å². The summed E-state index contributed by atoms with van der Waals surface area (Å²) in [5.41, 5.74) is 0. The number of rotatable bonds is 6. The molecule has 0 aromatic carbocycles. The zero-order chi connectivity index (χ0) is 13.9. The molecule has 1 N–H and O–H groups in total. The van der Waals surface area contributed by atoms with Crippen molar-refractivity contribution in [3.63, 3.8) is 0 Å². The van der Waals surface area contributed by atoms with Crippen molar-refractivity contribution < 1.29 is 13.2 Å². The summed E-state index contributed by atoms with van der Waals surface area (Å²) in [6.07, 6.45) is 1.36. The molecular weight excluding hydrogens is 253 g/mol. The van der Waals surface area contributed by atoms with E-state index in [-0.39, 0.29) is 12.8 Å². The van der Waals surface area contributed by atoms with Crippen molar-refractivity contribution in [1.29, 1.82) is 0 Å². The van der Waals surface area contributed by atoms with Gasteiger partial charge in [0.25, 0.3) is 0 Å². The molecule has 0 aromatic rings.